The Kier molecular flexibility index (Phi) is 11.6. The van der Waals surface area contributed by atoms with E-state index in [0.717, 1.165) is 81.0 Å². The van der Waals surface area contributed by atoms with Gasteiger partial charge in [0.25, 0.3) is 5.91 Å². The van der Waals surface area contributed by atoms with Gasteiger partial charge in [-0.25, -0.2) is 4.98 Å². The predicted octanol–water partition coefficient (Wildman–Crippen LogP) is 7.59. The number of nitrogens with zero attached hydrogens (tertiary/aromatic N) is 4. The summed E-state index contributed by atoms with van der Waals surface area (Å²) in [4.78, 5) is 22.4. The van der Waals surface area contributed by atoms with E-state index in [4.69, 9.17) is 32.9 Å². The van der Waals surface area contributed by atoms with Gasteiger partial charge in [0.05, 0.1) is 27.7 Å². The minimum absolute atomic E-state index is 0.0190. The molecular formula is C35H43Cl2N5O2. The number of anilines is 1. The fourth-order valence-electron chi connectivity index (χ4n) is 5.98. The first-order chi connectivity index (χ1) is 21.4. The molecule has 0 aliphatic carbocycles. The summed E-state index contributed by atoms with van der Waals surface area (Å²) in [6, 6.07) is 23.9. The van der Waals surface area contributed by atoms with Gasteiger partial charge in [-0.05, 0) is 74.2 Å². The normalized spacial score (nSPS) is 15.0. The van der Waals surface area contributed by atoms with E-state index in [2.05, 4.69) is 39.9 Å². The van der Waals surface area contributed by atoms with Crippen molar-refractivity contribution >= 4 is 46.1 Å². The number of ether oxygens (including phenoxy) is 1. The summed E-state index contributed by atoms with van der Waals surface area (Å²) in [6.45, 7) is 7.91. The summed E-state index contributed by atoms with van der Waals surface area (Å²) in [6.07, 6.45) is 4.01. The number of amides is 1. The first-order valence-electron chi connectivity index (χ1n) is 15.7. The van der Waals surface area contributed by atoms with Crippen LogP contribution in [0.2, 0.25) is 10.0 Å². The highest BCUT2D eigenvalue weighted by Gasteiger charge is 2.24. The Bertz CT molecular complexity index is 1500. The van der Waals surface area contributed by atoms with Crippen molar-refractivity contribution in [2.75, 3.05) is 51.8 Å². The Morgan fingerprint density at radius 3 is 2.50 bits per heavy atom. The van der Waals surface area contributed by atoms with Crippen LogP contribution in [0.3, 0.4) is 0 Å². The number of hydrogen-bond donors (Lipinski definition) is 1. The number of para-hydroxylation sites is 2. The van der Waals surface area contributed by atoms with Crippen LogP contribution in [0, 0.1) is 0 Å². The maximum Gasteiger partial charge on any atom is 0.253 e. The van der Waals surface area contributed by atoms with Crippen LogP contribution in [-0.4, -0.2) is 77.7 Å². The molecule has 1 atom stereocenters. The van der Waals surface area contributed by atoms with E-state index >= 15 is 0 Å². The molecule has 234 valence electrons. The van der Waals surface area contributed by atoms with Gasteiger partial charge in [-0.2, -0.15) is 0 Å². The third kappa shape index (κ3) is 8.33. The zero-order chi connectivity index (χ0) is 30.9. The molecule has 0 saturated carbocycles. The predicted molar refractivity (Wildman–Crippen MR) is 181 cm³/mol. The SMILES string of the molecule is CCCOCCn1c(NC2CCN(CCC(CN(C)C(=O)c3ccccc3)c3ccc(Cl)c(Cl)c3)CC2)nc2ccccc21. The molecule has 2 heterocycles. The minimum Gasteiger partial charge on any atom is -0.380 e. The second kappa shape index (κ2) is 15.8. The Morgan fingerprint density at radius 2 is 1.75 bits per heavy atom. The van der Waals surface area contributed by atoms with Gasteiger partial charge in [0.2, 0.25) is 5.95 Å². The van der Waals surface area contributed by atoms with Crippen LogP contribution >= 0.6 is 23.2 Å². The van der Waals surface area contributed by atoms with E-state index in [1.807, 2.05) is 66.5 Å². The molecule has 0 spiro atoms. The summed E-state index contributed by atoms with van der Waals surface area (Å²) in [7, 11) is 1.88. The van der Waals surface area contributed by atoms with E-state index in [0.29, 0.717) is 34.8 Å². The van der Waals surface area contributed by atoms with Gasteiger partial charge in [-0.1, -0.05) is 66.5 Å². The number of carbonyl (C=O) groups is 1. The molecule has 1 aromatic heterocycles. The van der Waals surface area contributed by atoms with Crippen molar-refractivity contribution in [2.24, 2.45) is 0 Å². The Labute approximate surface area is 271 Å². The molecule has 0 bridgehead atoms. The summed E-state index contributed by atoms with van der Waals surface area (Å²) in [5.74, 6) is 1.08. The molecule has 1 amide bonds. The number of piperidine rings is 1. The zero-order valence-electron chi connectivity index (χ0n) is 25.7. The van der Waals surface area contributed by atoms with E-state index in [9.17, 15) is 4.79 Å². The molecule has 1 unspecified atom stereocenters. The number of rotatable bonds is 14. The molecule has 1 N–H and O–H groups in total. The molecule has 0 radical (unpaired) electrons. The molecule has 1 aliphatic heterocycles. The van der Waals surface area contributed by atoms with Crippen LogP contribution in [-0.2, 0) is 11.3 Å². The average molecular weight is 637 g/mol. The number of nitrogens with one attached hydrogen (secondary N) is 1. The number of benzene rings is 3. The summed E-state index contributed by atoms with van der Waals surface area (Å²) in [5.41, 5.74) is 3.94. The lowest BCUT2D eigenvalue weighted by molar-refractivity contribution is 0.0782. The monoisotopic (exact) mass is 635 g/mol. The molecule has 1 fully saturated rings. The fourth-order valence-corrected chi connectivity index (χ4v) is 6.29. The molecule has 1 saturated heterocycles. The highest BCUT2D eigenvalue weighted by molar-refractivity contribution is 6.42. The van der Waals surface area contributed by atoms with Crippen molar-refractivity contribution in [1.82, 2.24) is 19.4 Å². The molecule has 7 nitrogen and oxygen atoms in total. The first-order valence-corrected chi connectivity index (χ1v) is 16.5. The van der Waals surface area contributed by atoms with E-state index < -0.39 is 0 Å². The Morgan fingerprint density at radius 1 is 1.00 bits per heavy atom. The highest BCUT2D eigenvalue weighted by Crippen LogP contribution is 2.30. The van der Waals surface area contributed by atoms with Gasteiger partial charge >= 0.3 is 0 Å². The number of fused-ring (bicyclic) bond motifs is 1. The molecule has 4 aromatic rings. The smallest absolute Gasteiger partial charge is 0.253 e. The van der Waals surface area contributed by atoms with E-state index in [-0.39, 0.29) is 11.8 Å². The standard InChI is InChI=1S/C35H43Cl2N5O2/c1-3-22-44-23-21-42-33-12-8-7-11-32(33)39-35(42)38-29-16-19-41(20-17-29)18-15-28(27-13-14-30(36)31(37)24-27)25-40(2)34(43)26-9-5-4-6-10-26/h4-14,24,28-29H,3,15-23,25H2,1-2H3,(H,38,39). The molecule has 1 aliphatic rings. The van der Waals surface area contributed by atoms with Crippen molar-refractivity contribution in [1.29, 1.82) is 0 Å². The number of imidazole rings is 1. The summed E-state index contributed by atoms with van der Waals surface area (Å²) >= 11 is 12.7. The molecule has 44 heavy (non-hydrogen) atoms. The number of hydrogen-bond acceptors (Lipinski definition) is 5. The number of aromatic nitrogens is 2. The summed E-state index contributed by atoms with van der Waals surface area (Å²) in [5, 5.41) is 4.84. The largest absolute Gasteiger partial charge is 0.380 e. The number of likely N-dealkylation sites (N-methyl/N-ethyl adjacent to an activating group) is 1. The van der Waals surface area contributed by atoms with E-state index in [1.54, 1.807) is 0 Å². The second-order valence-corrected chi connectivity index (χ2v) is 12.5. The van der Waals surface area contributed by atoms with Crippen LogP contribution in [0.4, 0.5) is 5.95 Å². The van der Waals surface area contributed by atoms with Gasteiger partial charge in [-0.15, -0.1) is 0 Å². The van der Waals surface area contributed by atoms with Crippen molar-refractivity contribution in [3.05, 3.63) is 94.0 Å². The highest BCUT2D eigenvalue weighted by atomic mass is 35.5. The van der Waals surface area contributed by atoms with Crippen LogP contribution in [0.1, 0.15) is 54.4 Å². The summed E-state index contributed by atoms with van der Waals surface area (Å²) < 4.78 is 8.05. The molecule has 3 aromatic carbocycles. The molecule has 9 heteroatoms. The number of halogens is 2. The zero-order valence-corrected chi connectivity index (χ0v) is 27.2. The van der Waals surface area contributed by atoms with Crippen LogP contribution < -0.4 is 5.32 Å². The third-order valence-corrected chi connectivity index (χ3v) is 9.19. The van der Waals surface area contributed by atoms with Crippen molar-refractivity contribution in [3.8, 4) is 0 Å². The van der Waals surface area contributed by atoms with E-state index in [1.165, 1.54) is 0 Å². The van der Waals surface area contributed by atoms with Crippen molar-refractivity contribution in [3.63, 3.8) is 0 Å². The third-order valence-electron chi connectivity index (χ3n) is 8.45. The van der Waals surface area contributed by atoms with Gasteiger partial charge in [0, 0.05) is 57.4 Å². The molecule has 5 rings (SSSR count). The van der Waals surface area contributed by atoms with Gasteiger partial charge < -0.3 is 24.4 Å². The first kappa shape index (κ1) is 32.3. The lowest BCUT2D eigenvalue weighted by Crippen LogP contribution is -2.40. The quantitative estimate of drug-likeness (QED) is 0.145. The Balaban J connectivity index is 1.19. The average Bonchev–Trinajstić information content (AvgIpc) is 3.39. The van der Waals surface area contributed by atoms with Crippen molar-refractivity contribution in [2.45, 2.75) is 51.1 Å². The lowest BCUT2D eigenvalue weighted by atomic mass is 9.94. The maximum absolute atomic E-state index is 13.1. The van der Waals surface area contributed by atoms with Crippen molar-refractivity contribution < 1.29 is 9.53 Å². The van der Waals surface area contributed by atoms with Gasteiger partial charge in [0.1, 0.15) is 0 Å². The van der Waals surface area contributed by atoms with Crippen LogP contribution in [0.25, 0.3) is 11.0 Å². The number of likely N-dealkylation sites (tertiary alicyclic amines) is 1. The van der Waals surface area contributed by atoms with Gasteiger partial charge in [0.15, 0.2) is 0 Å². The molecular weight excluding hydrogens is 593 g/mol. The maximum atomic E-state index is 13.1. The van der Waals surface area contributed by atoms with Crippen LogP contribution in [0.15, 0.2) is 72.8 Å². The number of carbonyl (C=O) groups excluding carboxylic acids is 1. The van der Waals surface area contributed by atoms with Crippen LogP contribution in [0.5, 0.6) is 0 Å². The lowest BCUT2D eigenvalue weighted by Gasteiger charge is -2.34. The minimum atomic E-state index is 0.0190. The fraction of sp³-hybridized carbons (Fsp3) is 0.429. The van der Waals surface area contributed by atoms with Gasteiger partial charge in [-0.3, -0.25) is 4.79 Å². The topological polar surface area (TPSA) is 62.6 Å². The second-order valence-electron chi connectivity index (χ2n) is 11.7. The Hall–Kier alpha value is -3.10.